The molecule has 12 heavy (non-hydrogen) atoms. The summed E-state index contributed by atoms with van der Waals surface area (Å²) >= 11 is 0. The van der Waals surface area contributed by atoms with Gasteiger partial charge in [-0.3, -0.25) is 0 Å². The van der Waals surface area contributed by atoms with E-state index in [1.54, 1.807) is 0 Å². The summed E-state index contributed by atoms with van der Waals surface area (Å²) in [6.45, 7) is 2.97. The molecule has 0 heterocycles. The van der Waals surface area contributed by atoms with Gasteiger partial charge in [0.25, 0.3) is 0 Å². The summed E-state index contributed by atoms with van der Waals surface area (Å²) in [5, 5.41) is 3.49. The van der Waals surface area contributed by atoms with Gasteiger partial charge in [0.2, 0.25) is 0 Å². The summed E-state index contributed by atoms with van der Waals surface area (Å²) in [5.41, 5.74) is 0. The van der Waals surface area contributed by atoms with E-state index in [2.05, 4.69) is 5.32 Å². The zero-order valence-corrected chi connectivity index (χ0v) is 7.72. The third-order valence-corrected chi connectivity index (χ3v) is 2.84. The zero-order chi connectivity index (χ0) is 8.23. The average molecular weight is 169 g/mol. The lowest BCUT2D eigenvalue weighted by Crippen LogP contribution is -2.37. The first-order valence-electron chi connectivity index (χ1n) is 5.26. The molecule has 2 fully saturated rings. The summed E-state index contributed by atoms with van der Waals surface area (Å²) in [6.07, 6.45) is 6.97. The lowest BCUT2D eigenvalue weighted by Gasteiger charge is -2.26. The fourth-order valence-electron chi connectivity index (χ4n) is 1.48. The quantitative estimate of drug-likeness (QED) is 0.609. The molecule has 0 aromatic heterocycles. The molecule has 0 saturated heterocycles. The van der Waals surface area contributed by atoms with E-state index in [0.717, 1.165) is 31.7 Å². The molecule has 2 heteroatoms. The van der Waals surface area contributed by atoms with Crippen molar-refractivity contribution < 1.29 is 4.74 Å². The van der Waals surface area contributed by atoms with E-state index in [0.29, 0.717) is 0 Å². The Morgan fingerprint density at radius 1 is 1.17 bits per heavy atom. The molecule has 70 valence electrons. The van der Waals surface area contributed by atoms with E-state index in [9.17, 15) is 0 Å². The van der Waals surface area contributed by atoms with Crippen LogP contribution in [-0.2, 0) is 4.74 Å². The maximum atomic E-state index is 5.51. The van der Waals surface area contributed by atoms with Gasteiger partial charge in [-0.25, -0.2) is 0 Å². The number of hydrogen-bond acceptors (Lipinski definition) is 2. The number of rotatable bonds is 6. The van der Waals surface area contributed by atoms with Crippen LogP contribution < -0.4 is 5.32 Å². The van der Waals surface area contributed by atoms with Crippen molar-refractivity contribution in [2.45, 2.75) is 38.1 Å². The van der Waals surface area contributed by atoms with Crippen molar-refractivity contribution in [3.8, 4) is 0 Å². The van der Waals surface area contributed by atoms with Gasteiger partial charge in [0.1, 0.15) is 0 Å². The Balaban J connectivity index is 1.35. The van der Waals surface area contributed by atoms with E-state index < -0.39 is 0 Å². The lowest BCUT2D eigenvalue weighted by atomic mass is 9.93. The van der Waals surface area contributed by atoms with E-state index >= 15 is 0 Å². The molecule has 0 unspecified atom stereocenters. The maximum Gasteiger partial charge on any atom is 0.0591 e. The smallest absolute Gasteiger partial charge is 0.0591 e. The molecule has 1 N–H and O–H groups in total. The van der Waals surface area contributed by atoms with Crippen molar-refractivity contribution in [3.63, 3.8) is 0 Å². The second-order valence-electron chi connectivity index (χ2n) is 4.10. The molecule has 0 aromatic rings. The van der Waals surface area contributed by atoms with Crippen LogP contribution in [-0.4, -0.2) is 25.8 Å². The van der Waals surface area contributed by atoms with Crippen LogP contribution in [0.3, 0.4) is 0 Å². The predicted molar refractivity (Wildman–Crippen MR) is 49.2 cm³/mol. The first-order valence-corrected chi connectivity index (χ1v) is 5.26. The van der Waals surface area contributed by atoms with Crippen LogP contribution in [0.25, 0.3) is 0 Å². The molecule has 0 aromatic carbocycles. The van der Waals surface area contributed by atoms with Gasteiger partial charge in [-0.15, -0.1) is 0 Å². The minimum Gasteiger partial charge on any atom is -0.380 e. The first-order chi connectivity index (χ1) is 5.95. The highest BCUT2D eigenvalue weighted by atomic mass is 16.5. The molecular weight excluding hydrogens is 150 g/mol. The molecule has 2 nitrogen and oxygen atoms in total. The number of hydrogen-bond donors (Lipinski definition) is 1. The van der Waals surface area contributed by atoms with Crippen molar-refractivity contribution in [2.24, 2.45) is 5.92 Å². The summed E-state index contributed by atoms with van der Waals surface area (Å²) in [6, 6.07) is 0.814. The molecule has 2 saturated carbocycles. The molecule has 0 bridgehead atoms. The van der Waals surface area contributed by atoms with Crippen molar-refractivity contribution >= 4 is 0 Å². The molecule has 2 aliphatic carbocycles. The van der Waals surface area contributed by atoms with Gasteiger partial charge < -0.3 is 10.1 Å². The highest BCUT2D eigenvalue weighted by Gasteiger charge is 2.21. The van der Waals surface area contributed by atoms with E-state index in [1.165, 1.54) is 32.1 Å². The summed E-state index contributed by atoms with van der Waals surface area (Å²) in [4.78, 5) is 0. The summed E-state index contributed by atoms with van der Waals surface area (Å²) in [5.74, 6) is 0.911. The summed E-state index contributed by atoms with van der Waals surface area (Å²) in [7, 11) is 0. The molecule has 0 amide bonds. The van der Waals surface area contributed by atoms with E-state index in [1.807, 2.05) is 0 Å². The molecular formula is C10H19NO. The second-order valence-corrected chi connectivity index (χ2v) is 4.10. The van der Waals surface area contributed by atoms with Gasteiger partial charge in [0.05, 0.1) is 6.61 Å². The van der Waals surface area contributed by atoms with Crippen LogP contribution in [0.2, 0.25) is 0 Å². The summed E-state index contributed by atoms with van der Waals surface area (Å²) < 4.78 is 5.51. The van der Waals surface area contributed by atoms with Gasteiger partial charge in [0.15, 0.2) is 0 Å². The fraction of sp³-hybridized carbons (Fsp3) is 1.00. The highest BCUT2D eigenvalue weighted by Crippen LogP contribution is 2.28. The van der Waals surface area contributed by atoms with Crippen molar-refractivity contribution in [1.82, 2.24) is 5.32 Å². The van der Waals surface area contributed by atoms with Crippen molar-refractivity contribution in [1.29, 1.82) is 0 Å². The highest BCUT2D eigenvalue weighted by molar-refractivity contribution is 4.76. The molecule has 0 spiro atoms. The van der Waals surface area contributed by atoms with Crippen molar-refractivity contribution in [3.05, 3.63) is 0 Å². The molecule has 2 rings (SSSR count). The second kappa shape index (κ2) is 4.24. The fourth-order valence-corrected chi connectivity index (χ4v) is 1.48. The predicted octanol–water partition coefficient (Wildman–Crippen LogP) is 1.56. The zero-order valence-electron chi connectivity index (χ0n) is 7.72. The molecule has 2 aliphatic rings. The molecule has 0 atom stereocenters. The van der Waals surface area contributed by atoms with Gasteiger partial charge >= 0.3 is 0 Å². The largest absolute Gasteiger partial charge is 0.380 e. The number of nitrogens with one attached hydrogen (secondary N) is 1. The average Bonchev–Trinajstić information content (AvgIpc) is 2.76. The Kier molecular flexibility index (Phi) is 3.01. The van der Waals surface area contributed by atoms with Crippen LogP contribution in [0.15, 0.2) is 0 Å². The normalized spacial score (nSPS) is 24.0. The minimum absolute atomic E-state index is 0.814. The Labute approximate surface area is 74.7 Å². The SMILES string of the molecule is C1CC(NCCOCC2CC2)C1. The first kappa shape index (κ1) is 8.52. The van der Waals surface area contributed by atoms with Crippen molar-refractivity contribution in [2.75, 3.05) is 19.8 Å². The van der Waals surface area contributed by atoms with Gasteiger partial charge in [-0.1, -0.05) is 6.42 Å². The van der Waals surface area contributed by atoms with E-state index in [-0.39, 0.29) is 0 Å². The lowest BCUT2D eigenvalue weighted by molar-refractivity contribution is 0.121. The van der Waals surface area contributed by atoms with Crippen LogP contribution in [0, 0.1) is 5.92 Å². The van der Waals surface area contributed by atoms with Crippen LogP contribution in [0.4, 0.5) is 0 Å². The molecule has 0 radical (unpaired) electrons. The van der Waals surface area contributed by atoms with Crippen LogP contribution in [0.5, 0.6) is 0 Å². The minimum atomic E-state index is 0.814. The Bertz CT molecular complexity index is 130. The molecule has 0 aliphatic heterocycles. The van der Waals surface area contributed by atoms with Gasteiger partial charge in [-0.05, 0) is 31.6 Å². The third kappa shape index (κ3) is 2.76. The Morgan fingerprint density at radius 2 is 2.00 bits per heavy atom. The standard InChI is InChI=1S/C10H19NO/c1-2-10(3-1)11-6-7-12-8-9-4-5-9/h9-11H,1-8H2. The monoisotopic (exact) mass is 169 g/mol. The van der Waals surface area contributed by atoms with Crippen LogP contribution in [0.1, 0.15) is 32.1 Å². The number of ether oxygens (including phenoxy) is 1. The van der Waals surface area contributed by atoms with Gasteiger partial charge in [-0.2, -0.15) is 0 Å². The van der Waals surface area contributed by atoms with Crippen LogP contribution >= 0.6 is 0 Å². The third-order valence-electron chi connectivity index (χ3n) is 2.84. The Morgan fingerprint density at radius 3 is 2.58 bits per heavy atom. The topological polar surface area (TPSA) is 21.3 Å². The van der Waals surface area contributed by atoms with E-state index in [4.69, 9.17) is 4.74 Å². The maximum absolute atomic E-state index is 5.51. The Hall–Kier alpha value is -0.0800. The van der Waals surface area contributed by atoms with Gasteiger partial charge in [0, 0.05) is 19.2 Å².